The van der Waals surface area contributed by atoms with Crippen LogP contribution in [-0.4, -0.2) is 19.0 Å². The lowest BCUT2D eigenvalue weighted by atomic mass is 10.4. The molecule has 0 rings (SSSR count). The van der Waals surface area contributed by atoms with Crippen LogP contribution in [0.25, 0.3) is 0 Å². The Morgan fingerprint density at radius 3 is 1.73 bits per heavy atom. The summed E-state index contributed by atoms with van der Waals surface area (Å²) in [6, 6.07) is 1.91. The summed E-state index contributed by atoms with van der Waals surface area (Å²) >= 11 is 0. The van der Waals surface area contributed by atoms with Crippen molar-refractivity contribution in [2.24, 2.45) is 0 Å². The lowest BCUT2D eigenvalue weighted by Crippen LogP contribution is -1.99. The van der Waals surface area contributed by atoms with E-state index >= 15 is 0 Å². The summed E-state index contributed by atoms with van der Waals surface area (Å²) < 4.78 is 0. The molecule has 0 atom stereocenters. The van der Waals surface area contributed by atoms with Crippen molar-refractivity contribution in [2.75, 3.05) is 14.1 Å². The van der Waals surface area contributed by atoms with E-state index in [-0.39, 0.29) is 0 Å². The fourth-order valence-electron chi connectivity index (χ4n) is 0.705. The van der Waals surface area contributed by atoms with Gasteiger partial charge in [0.25, 0.3) is 0 Å². The lowest BCUT2D eigenvalue weighted by molar-refractivity contribution is 0.564. The highest BCUT2D eigenvalue weighted by atomic mass is 15.0. The average molecular weight is 200 g/mol. The maximum Gasteiger partial charge on any atom is 0.0912 e. The molecule has 2 heteroatoms. The summed E-state index contributed by atoms with van der Waals surface area (Å²) in [6.45, 7) is 0. The molecule has 0 spiro atoms. The molecular weight excluding hydrogens is 184 g/mol. The number of rotatable bonds is 5. The van der Waals surface area contributed by atoms with Crippen LogP contribution in [0.3, 0.4) is 0 Å². The Hall–Kier alpha value is -2.01. The molecule has 0 unspecified atom stereocenters. The van der Waals surface area contributed by atoms with Crippen LogP contribution < -0.4 is 0 Å². The average Bonchev–Trinajstić information content (AvgIpc) is 2.20. The largest absolute Gasteiger partial charge is 0.383 e. The zero-order chi connectivity index (χ0) is 11.4. The quantitative estimate of drug-likeness (QED) is 0.504. The third-order valence-corrected chi connectivity index (χ3v) is 1.33. The second kappa shape index (κ2) is 10.1. The Bertz CT molecular complexity index is 323. The van der Waals surface area contributed by atoms with E-state index in [1.165, 1.54) is 6.08 Å². The number of hydrogen-bond acceptors (Lipinski definition) is 2. The summed E-state index contributed by atoms with van der Waals surface area (Å²) in [6.07, 6.45) is 18.5. The van der Waals surface area contributed by atoms with Crippen molar-refractivity contribution in [3.63, 3.8) is 0 Å². The first-order valence-corrected chi connectivity index (χ1v) is 4.66. The SMILES string of the molecule is CN(C)/C=C/C=C/C=C/C=C/C=C/C#N. The molecule has 0 aliphatic carbocycles. The highest BCUT2D eigenvalue weighted by Crippen LogP contribution is 1.84. The second-order valence-corrected chi connectivity index (χ2v) is 2.95. The van der Waals surface area contributed by atoms with Gasteiger partial charge in [-0.1, -0.05) is 42.5 Å². The van der Waals surface area contributed by atoms with Gasteiger partial charge in [-0.2, -0.15) is 5.26 Å². The minimum Gasteiger partial charge on any atom is -0.383 e. The molecule has 0 N–H and O–H groups in total. The molecular formula is C13H16N2. The molecule has 0 aromatic heterocycles. The van der Waals surface area contributed by atoms with Crippen LogP contribution in [0.2, 0.25) is 0 Å². The third kappa shape index (κ3) is 12.0. The van der Waals surface area contributed by atoms with E-state index in [4.69, 9.17) is 5.26 Å². The van der Waals surface area contributed by atoms with Crippen molar-refractivity contribution in [3.8, 4) is 6.07 Å². The second-order valence-electron chi connectivity index (χ2n) is 2.95. The van der Waals surface area contributed by atoms with E-state index in [9.17, 15) is 0 Å². The molecule has 0 amide bonds. The van der Waals surface area contributed by atoms with Gasteiger partial charge in [0.1, 0.15) is 0 Å². The molecule has 0 saturated carbocycles. The van der Waals surface area contributed by atoms with Crippen molar-refractivity contribution < 1.29 is 0 Å². The Balaban J connectivity index is 3.76. The van der Waals surface area contributed by atoms with Crippen LogP contribution in [0, 0.1) is 11.3 Å². The molecule has 2 nitrogen and oxygen atoms in total. The Morgan fingerprint density at radius 1 is 0.800 bits per heavy atom. The van der Waals surface area contributed by atoms with Gasteiger partial charge < -0.3 is 4.90 Å². The van der Waals surface area contributed by atoms with E-state index < -0.39 is 0 Å². The number of hydrogen-bond donors (Lipinski definition) is 0. The van der Waals surface area contributed by atoms with Gasteiger partial charge in [-0.05, 0) is 12.3 Å². The minimum absolute atomic E-state index is 1.43. The van der Waals surface area contributed by atoms with Crippen molar-refractivity contribution in [1.29, 1.82) is 5.26 Å². The van der Waals surface area contributed by atoms with E-state index in [2.05, 4.69) is 0 Å². The maximum atomic E-state index is 8.20. The normalized spacial score (nSPS) is 12.6. The van der Waals surface area contributed by atoms with E-state index in [1.807, 2.05) is 73.8 Å². The summed E-state index contributed by atoms with van der Waals surface area (Å²) in [5.41, 5.74) is 0. The lowest BCUT2D eigenvalue weighted by Gasteiger charge is -2.00. The number of nitrogens with zero attached hydrogens (tertiary/aromatic N) is 2. The third-order valence-electron chi connectivity index (χ3n) is 1.33. The molecule has 15 heavy (non-hydrogen) atoms. The first-order valence-electron chi connectivity index (χ1n) is 4.66. The van der Waals surface area contributed by atoms with Crippen molar-refractivity contribution in [3.05, 3.63) is 60.9 Å². The van der Waals surface area contributed by atoms with E-state index in [0.717, 1.165) is 0 Å². The van der Waals surface area contributed by atoms with Crippen LogP contribution in [0.1, 0.15) is 0 Å². The van der Waals surface area contributed by atoms with Gasteiger partial charge >= 0.3 is 0 Å². The Morgan fingerprint density at radius 2 is 1.27 bits per heavy atom. The monoisotopic (exact) mass is 200 g/mol. The molecule has 0 bridgehead atoms. The highest BCUT2D eigenvalue weighted by molar-refractivity contribution is 5.19. The molecule has 0 heterocycles. The van der Waals surface area contributed by atoms with Gasteiger partial charge in [0.2, 0.25) is 0 Å². The van der Waals surface area contributed by atoms with Crippen LogP contribution >= 0.6 is 0 Å². The number of nitriles is 1. The molecule has 0 saturated heterocycles. The van der Waals surface area contributed by atoms with Crippen molar-refractivity contribution in [1.82, 2.24) is 4.90 Å². The summed E-state index contributed by atoms with van der Waals surface area (Å²) in [5.74, 6) is 0. The first-order chi connectivity index (χ1) is 7.27. The van der Waals surface area contributed by atoms with Crippen LogP contribution in [0.15, 0.2) is 60.9 Å². The topological polar surface area (TPSA) is 27.0 Å². The number of allylic oxidation sites excluding steroid dienone is 9. The van der Waals surface area contributed by atoms with Crippen molar-refractivity contribution >= 4 is 0 Å². The predicted octanol–water partition coefficient (Wildman–Crippen LogP) is 2.81. The smallest absolute Gasteiger partial charge is 0.0912 e. The molecule has 0 aromatic carbocycles. The van der Waals surface area contributed by atoms with Crippen LogP contribution in [-0.2, 0) is 0 Å². The Kier molecular flexibility index (Phi) is 8.72. The zero-order valence-electron chi connectivity index (χ0n) is 9.17. The summed E-state index contributed by atoms with van der Waals surface area (Å²) in [7, 11) is 3.95. The molecule has 0 radical (unpaired) electrons. The van der Waals surface area contributed by atoms with Crippen molar-refractivity contribution in [2.45, 2.75) is 0 Å². The molecule has 0 fully saturated rings. The predicted molar refractivity (Wildman–Crippen MR) is 65.0 cm³/mol. The molecule has 0 aliphatic rings. The van der Waals surface area contributed by atoms with E-state index in [1.54, 1.807) is 6.08 Å². The van der Waals surface area contributed by atoms with E-state index in [0.29, 0.717) is 0 Å². The first kappa shape index (κ1) is 13.0. The minimum atomic E-state index is 1.43. The fourth-order valence-corrected chi connectivity index (χ4v) is 0.705. The molecule has 0 aliphatic heterocycles. The van der Waals surface area contributed by atoms with Gasteiger partial charge in [-0.15, -0.1) is 0 Å². The summed E-state index contributed by atoms with van der Waals surface area (Å²) in [4.78, 5) is 1.97. The van der Waals surface area contributed by atoms with Crippen LogP contribution in [0.4, 0.5) is 0 Å². The summed E-state index contributed by atoms with van der Waals surface area (Å²) in [5, 5.41) is 8.20. The van der Waals surface area contributed by atoms with Gasteiger partial charge in [0.15, 0.2) is 0 Å². The van der Waals surface area contributed by atoms with Gasteiger partial charge in [0.05, 0.1) is 6.07 Å². The molecule has 78 valence electrons. The standard InChI is InChI=1S/C13H16N2/c1-15(2)13-11-9-7-5-3-4-6-8-10-12-14/h3-11,13H,1-2H3/b5-3+,6-4+,9-7+,10-8+,13-11+. The van der Waals surface area contributed by atoms with Gasteiger partial charge in [-0.25, -0.2) is 0 Å². The zero-order valence-corrected chi connectivity index (χ0v) is 9.17. The maximum absolute atomic E-state index is 8.20. The van der Waals surface area contributed by atoms with Crippen LogP contribution in [0.5, 0.6) is 0 Å². The fraction of sp³-hybridized carbons (Fsp3) is 0.154. The highest BCUT2D eigenvalue weighted by Gasteiger charge is 1.69. The molecule has 0 aromatic rings. The van der Waals surface area contributed by atoms with Gasteiger partial charge in [0, 0.05) is 20.2 Å². The Labute approximate surface area is 91.8 Å². The van der Waals surface area contributed by atoms with Gasteiger partial charge in [-0.3, -0.25) is 0 Å².